The van der Waals surface area contributed by atoms with Crippen molar-refractivity contribution in [2.75, 3.05) is 0 Å². The van der Waals surface area contributed by atoms with Crippen LogP contribution in [-0.4, -0.2) is 23.1 Å². The normalized spacial score (nSPS) is 29.5. The van der Waals surface area contributed by atoms with Crippen molar-refractivity contribution >= 4 is 12.0 Å². The van der Waals surface area contributed by atoms with Gasteiger partial charge >= 0.3 is 0 Å². The van der Waals surface area contributed by atoms with Crippen LogP contribution in [0, 0.1) is 5.92 Å². The Morgan fingerprint density at radius 1 is 1.67 bits per heavy atom. The number of alkyl halides is 2. The summed E-state index contributed by atoms with van der Waals surface area (Å²) in [5.41, 5.74) is 0. The van der Waals surface area contributed by atoms with Gasteiger partial charge in [0.15, 0.2) is 0 Å². The van der Waals surface area contributed by atoms with Gasteiger partial charge in [-0.3, -0.25) is 4.79 Å². The number of carbonyl (C=O) groups excluding carboxylic acids is 1. The van der Waals surface area contributed by atoms with Gasteiger partial charge in [-0.1, -0.05) is 0 Å². The first-order valence-electron chi connectivity index (χ1n) is 3.63. The molecule has 0 aromatic heterocycles. The highest BCUT2D eigenvalue weighted by Crippen LogP contribution is 2.33. The Morgan fingerprint density at radius 3 is 2.92 bits per heavy atom. The van der Waals surface area contributed by atoms with E-state index in [1.165, 1.54) is 0 Å². The third kappa shape index (κ3) is 1.99. The molecule has 0 heterocycles. The predicted octanol–water partition coefficient (Wildman–Crippen LogP) is 1.45. The Bertz CT molecular complexity index is 215. The van der Waals surface area contributed by atoms with Crippen molar-refractivity contribution in [3.8, 4) is 0 Å². The van der Waals surface area contributed by atoms with Gasteiger partial charge in [-0.15, -0.1) is 5.16 Å². The molecule has 0 spiro atoms. The lowest BCUT2D eigenvalue weighted by Crippen LogP contribution is -2.33. The van der Waals surface area contributed by atoms with E-state index < -0.39 is 18.3 Å². The molecule has 1 atom stereocenters. The summed E-state index contributed by atoms with van der Waals surface area (Å²) in [7, 11) is 0. The summed E-state index contributed by atoms with van der Waals surface area (Å²) < 4.78 is 25.3. The Labute approximate surface area is 68.1 Å². The molecule has 1 N–H and O–H groups in total. The van der Waals surface area contributed by atoms with Crippen LogP contribution in [0.5, 0.6) is 0 Å². The second-order valence-corrected chi connectivity index (χ2v) is 2.90. The fourth-order valence-corrected chi connectivity index (χ4v) is 1.25. The van der Waals surface area contributed by atoms with E-state index in [1.807, 2.05) is 0 Å². The highest BCUT2D eigenvalue weighted by molar-refractivity contribution is 5.95. The average molecular weight is 177 g/mol. The van der Waals surface area contributed by atoms with E-state index in [0.717, 1.165) is 6.21 Å². The van der Waals surface area contributed by atoms with Crippen LogP contribution in [0.25, 0.3) is 0 Å². The summed E-state index contributed by atoms with van der Waals surface area (Å²) in [5.74, 6) is -3.99. The third-order valence-electron chi connectivity index (χ3n) is 1.92. The minimum absolute atomic E-state index is 0.135. The first kappa shape index (κ1) is 9.09. The molecule has 5 heteroatoms. The second-order valence-electron chi connectivity index (χ2n) is 2.90. The van der Waals surface area contributed by atoms with Gasteiger partial charge in [-0.2, -0.15) is 0 Å². The maximum atomic E-state index is 12.7. The topological polar surface area (TPSA) is 49.7 Å². The van der Waals surface area contributed by atoms with E-state index in [-0.39, 0.29) is 18.6 Å². The Morgan fingerprint density at radius 2 is 2.33 bits per heavy atom. The number of Topliss-reactive ketones (excluding diaryl/α,β-unsaturated/α-hetero) is 1. The summed E-state index contributed by atoms with van der Waals surface area (Å²) in [5, 5.41) is 10.7. The number of oxime groups is 1. The zero-order chi connectivity index (χ0) is 9.19. The van der Waals surface area contributed by atoms with Crippen molar-refractivity contribution in [3.63, 3.8) is 0 Å². The molecule has 1 saturated carbocycles. The number of carbonyl (C=O) groups is 1. The summed E-state index contributed by atoms with van der Waals surface area (Å²) >= 11 is 0. The number of nitrogens with zero attached hydrogens (tertiary/aromatic N) is 1. The Balaban J connectivity index is 2.65. The van der Waals surface area contributed by atoms with Gasteiger partial charge in [-0.05, 0) is 0 Å². The lowest BCUT2D eigenvalue weighted by Gasteiger charge is -2.24. The molecule has 1 aliphatic rings. The van der Waals surface area contributed by atoms with Crippen LogP contribution in [0.1, 0.15) is 19.3 Å². The minimum atomic E-state index is -2.79. The SMILES string of the molecule is O=C1CCC(F)(F)C[C@H]1/C=N/O. The van der Waals surface area contributed by atoms with Crippen LogP contribution in [0.15, 0.2) is 5.16 Å². The number of ketones is 1. The highest BCUT2D eigenvalue weighted by Gasteiger charge is 2.39. The fourth-order valence-electron chi connectivity index (χ4n) is 1.25. The van der Waals surface area contributed by atoms with Gasteiger partial charge in [0.2, 0.25) is 5.92 Å². The van der Waals surface area contributed by atoms with Gasteiger partial charge in [0.05, 0.1) is 12.1 Å². The molecule has 1 rings (SSSR count). The molecule has 0 saturated heterocycles. The van der Waals surface area contributed by atoms with Crippen LogP contribution in [-0.2, 0) is 4.79 Å². The highest BCUT2D eigenvalue weighted by atomic mass is 19.3. The number of halogens is 2. The molecule has 1 fully saturated rings. The van der Waals surface area contributed by atoms with Gasteiger partial charge in [0.1, 0.15) is 5.78 Å². The van der Waals surface area contributed by atoms with Crippen molar-refractivity contribution < 1.29 is 18.8 Å². The zero-order valence-corrected chi connectivity index (χ0v) is 6.33. The van der Waals surface area contributed by atoms with Gasteiger partial charge in [0, 0.05) is 19.3 Å². The average Bonchev–Trinajstić information content (AvgIpc) is 1.97. The van der Waals surface area contributed by atoms with Gasteiger partial charge in [0.25, 0.3) is 0 Å². The van der Waals surface area contributed by atoms with Crippen LogP contribution >= 0.6 is 0 Å². The van der Waals surface area contributed by atoms with Crippen LogP contribution in [0.3, 0.4) is 0 Å². The van der Waals surface area contributed by atoms with Crippen LogP contribution < -0.4 is 0 Å². The van der Waals surface area contributed by atoms with Gasteiger partial charge in [-0.25, -0.2) is 8.78 Å². The summed E-state index contributed by atoms with van der Waals surface area (Å²) in [6.07, 6.45) is -0.184. The number of hydrogen-bond donors (Lipinski definition) is 1. The fraction of sp³-hybridized carbons (Fsp3) is 0.714. The van der Waals surface area contributed by atoms with E-state index in [2.05, 4.69) is 5.16 Å². The second kappa shape index (κ2) is 3.16. The lowest BCUT2D eigenvalue weighted by molar-refractivity contribution is -0.131. The predicted molar refractivity (Wildman–Crippen MR) is 37.6 cm³/mol. The molecule has 0 amide bonds. The Kier molecular flexibility index (Phi) is 2.40. The number of hydrogen-bond acceptors (Lipinski definition) is 3. The Hall–Kier alpha value is -1.00. The molecule has 0 aliphatic heterocycles. The molecule has 0 bridgehead atoms. The van der Waals surface area contributed by atoms with Crippen LogP contribution in [0.2, 0.25) is 0 Å². The number of rotatable bonds is 1. The lowest BCUT2D eigenvalue weighted by atomic mass is 9.86. The van der Waals surface area contributed by atoms with Crippen molar-refractivity contribution in [2.45, 2.75) is 25.2 Å². The summed E-state index contributed by atoms with van der Waals surface area (Å²) in [6, 6.07) is 0. The molecule has 12 heavy (non-hydrogen) atoms. The molecule has 68 valence electrons. The molecule has 1 aliphatic carbocycles. The molecule has 0 unspecified atom stereocenters. The maximum absolute atomic E-state index is 12.7. The molecule has 0 radical (unpaired) electrons. The van der Waals surface area contributed by atoms with E-state index in [0.29, 0.717) is 0 Å². The van der Waals surface area contributed by atoms with E-state index >= 15 is 0 Å². The smallest absolute Gasteiger partial charge is 0.249 e. The monoisotopic (exact) mass is 177 g/mol. The maximum Gasteiger partial charge on any atom is 0.249 e. The van der Waals surface area contributed by atoms with Crippen molar-refractivity contribution in [3.05, 3.63) is 0 Å². The van der Waals surface area contributed by atoms with Gasteiger partial charge < -0.3 is 5.21 Å². The molecular formula is C7H9F2NO2. The quantitative estimate of drug-likeness (QED) is 0.374. The van der Waals surface area contributed by atoms with Crippen LogP contribution in [0.4, 0.5) is 8.78 Å². The molecule has 3 nitrogen and oxygen atoms in total. The third-order valence-corrected chi connectivity index (χ3v) is 1.92. The summed E-state index contributed by atoms with van der Waals surface area (Å²) in [4.78, 5) is 10.9. The summed E-state index contributed by atoms with van der Waals surface area (Å²) in [6.45, 7) is 0. The van der Waals surface area contributed by atoms with E-state index in [1.54, 1.807) is 0 Å². The van der Waals surface area contributed by atoms with Crippen molar-refractivity contribution in [2.24, 2.45) is 11.1 Å². The van der Waals surface area contributed by atoms with E-state index in [4.69, 9.17) is 5.21 Å². The molecule has 0 aromatic rings. The molecule has 0 aromatic carbocycles. The zero-order valence-electron chi connectivity index (χ0n) is 6.33. The molecular weight excluding hydrogens is 168 g/mol. The standard InChI is InChI=1S/C7H9F2NO2/c8-7(9)2-1-6(11)5(3-7)4-10-12/h4-5,12H,1-3H2/b10-4+/t5-/m0/s1. The minimum Gasteiger partial charge on any atom is -0.411 e. The van der Waals surface area contributed by atoms with Crippen molar-refractivity contribution in [1.29, 1.82) is 0 Å². The first-order chi connectivity index (χ1) is 5.55. The van der Waals surface area contributed by atoms with E-state index in [9.17, 15) is 13.6 Å². The largest absolute Gasteiger partial charge is 0.411 e. The van der Waals surface area contributed by atoms with Crippen molar-refractivity contribution in [1.82, 2.24) is 0 Å². The first-order valence-corrected chi connectivity index (χ1v) is 3.63.